The molecule has 0 aromatic rings. The van der Waals surface area contributed by atoms with Crippen LogP contribution < -0.4 is 0 Å². The second kappa shape index (κ2) is 13.5. The minimum atomic E-state index is -1.17. The van der Waals surface area contributed by atoms with Crippen LogP contribution in [0.25, 0.3) is 0 Å². The van der Waals surface area contributed by atoms with E-state index in [4.69, 9.17) is 18.9 Å². The largest absolute Gasteiger partial charge is 0.458 e. The summed E-state index contributed by atoms with van der Waals surface area (Å²) in [7, 11) is 0. The molecule has 1 aliphatic heterocycles. The molecule has 0 radical (unpaired) electrons. The summed E-state index contributed by atoms with van der Waals surface area (Å²) in [5.41, 5.74) is -0.143. The maximum atomic E-state index is 12.9. The number of carbonyl (C=O) groups is 3. The molecule has 8 heteroatoms. The predicted molar refractivity (Wildman–Crippen MR) is 151 cm³/mol. The van der Waals surface area contributed by atoms with Crippen molar-refractivity contribution in [3.8, 4) is 0 Å². The first-order valence-corrected chi connectivity index (χ1v) is 14.8. The van der Waals surface area contributed by atoms with Crippen molar-refractivity contribution in [3.05, 3.63) is 36.5 Å². The number of unbranched alkanes of at least 4 members (excludes halogenated alkanes) is 4. The van der Waals surface area contributed by atoms with Gasteiger partial charge in [-0.2, -0.15) is 0 Å². The second-order valence-electron chi connectivity index (χ2n) is 12.1. The number of hydrogen-bond acceptors (Lipinski definition) is 8. The third kappa shape index (κ3) is 6.54. The van der Waals surface area contributed by atoms with Crippen molar-refractivity contribution >= 4 is 17.9 Å². The Balaban J connectivity index is 2.04. The molecule has 2 aliphatic carbocycles. The average molecular weight is 561 g/mol. The van der Waals surface area contributed by atoms with E-state index in [-0.39, 0.29) is 23.2 Å². The fourth-order valence-electron chi connectivity index (χ4n) is 7.11. The van der Waals surface area contributed by atoms with Gasteiger partial charge in [0.05, 0.1) is 11.5 Å². The van der Waals surface area contributed by atoms with Gasteiger partial charge in [0.1, 0.15) is 6.10 Å². The number of rotatable bonds is 13. The van der Waals surface area contributed by atoms with Gasteiger partial charge in [0.25, 0.3) is 0 Å². The SMILES string of the molecule is C=CC(=C)CCC1(C)C(C)CC(O)C23C(=CC(OC(=O)CCCCCCC)CC12)C(OC(C)=O)OC3OC(C)=O. The van der Waals surface area contributed by atoms with Crippen molar-refractivity contribution in [2.75, 3.05) is 0 Å². The summed E-state index contributed by atoms with van der Waals surface area (Å²) in [5, 5.41) is 11.8. The van der Waals surface area contributed by atoms with Gasteiger partial charge in [0.2, 0.25) is 12.6 Å². The zero-order valence-electron chi connectivity index (χ0n) is 24.9. The van der Waals surface area contributed by atoms with Crippen molar-refractivity contribution in [1.82, 2.24) is 0 Å². The molecule has 1 saturated carbocycles. The van der Waals surface area contributed by atoms with E-state index in [1.54, 1.807) is 12.2 Å². The fourth-order valence-corrected chi connectivity index (χ4v) is 7.11. The van der Waals surface area contributed by atoms with Gasteiger partial charge in [0.15, 0.2) is 0 Å². The van der Waals surface area contributed by atoms with E-state index < -0.39 is 42.1 Å². The van der Waals surface area contributed by atoms with Crippen LogP contribution in [-0.4, -0.2) is 47.8 Å². The van der Waals surface area contributed by atoms with Crippen molar-refractivity contribution < 1.29 is 38.4 Å². The molecule has 1 spiro atoms. The van der Waals surface area contributed by atoms with Crippen LogP contribution in [0.2, 0.25) is 0 Å². The molecule has 0 aromatic carbocycles. The van der Waals surface area contributed by atoms with Crippen LogP contribution in [0.4, 0.5) is 0 Å². The molecule has 3 rings (SSSR count). The smallest absolute Gasteiger partial charge is 0.306 e. The topological polar surface area (TPSA) is 108 Å². The number of ether oxygens (including phenoxy) is 4. The Morgan fingerprint density at radius 2 is 1.75 bits per heavy atom. The zero-order valence-corrected chi connectivity index (χ0v) is 24.9. The lowest BCUT2D eigenvalue weighted by Crippen LogP contribution is -2.63. The Labute approximate surface area is 239 Å². The number of esters is 3. The molecule has 8 unspecified atom stereocenters. The number of carbonyl (C=O) groups excluding carboxylic acids is 3. The van der Waals surface area contributed by atoms with Gasteiger partial charge in [-0.1, -0.05) is 71.3 Å². The first-order valence-electron chi connectivity index (χ1n) is 14.8. The van der Waals surface area contributed by atoms with Gasteiger partial charge < -0.3 is 19.3 Å². The first kappa shape index (κ1) is 32.1. The van der Waals surface area contributed by atoms with E-state index in [9.17, 15) is 19.5 Å². The summed E-state index contributed by atoms with van der Waals surface area (Å²) in [6.07, 6.45) is 7.33. The number of aliphatic hydroxyl groups is 1. The van der Waals surface area contributed by atoms with Gasteiger partial charge in [-0.3, -0.25) is 19.1 Å². The molecule has 0 bridgehead atoms. The van der Waals surface area contributed by atoms with Crippen LogP contribution in [0.5, 0.6) is 0 Å². The highest BCUT2D eigenvalue weighted by atomic mass is 16.8. The second-order valence-corrected chi connectivity index (χ2v) is 12.1. The number of aliphatic hydroxyl groups excluding tert-OH is 1. The molecule has 40 heavy (non-hydrogen) atoms. The summed E-state index contributed by atoms with van der Waals surface area (Å²) in [6.45, 7) is 16.9. The van der Waals surface area contributed by atoms with E-state index >= 15 is 0 Å². The Kier molecular flexibility index (Phi) is 10.8. The summed E-state index contributed by atoms with van der Waals surface area (Å²) >= 11 is 0. The van der Waals surface area contributed by atoms with Crippen LogP contribution in [0.15, 0.2) is 36.5 Å². The first-order chi connectivity index (χ1) is 18.9. The lowest BCUT2D eigenvalue weighted by atomic mass is 9.45. The molecule has 2 fully saturated rings. The van der Waals surface area contributed by atoms with E-state index in [2.05, 4.69) is 33.9 Å². The average Bonchev–Trinajstić information content (AvgIpc) is 3.17. The molecule has 1 heterocycles. The van der Waals surface area contributed by atoms with Crippen LogP contribution in [-0.2, 0) is 33.3 Å². The molecule has 1 N–H and O–H groups in total. The predicted octanol–water partition coefficient (Wildman–Crippen LogP) is 5.93. The van der Waals surface area contributed by atoms with Crippen molar-refractivity contribution in [1.29, 1.82) is 0 Å². The van der Waals surface area contributed by atoms with Gasteiger partial charge in [-0.25, -0.2) is 0 Å². The van der Waals surface area contributed by atoms with Gasteiger partial charge in [-0.05, 0) is 55.4 Å². The number of allylic oxidation sites excluding steroid dienone is 2. The van der Waals surface area contributed by atoms with Gasteiger partial charge in [-0.15, -0.1) is 0 Å². The molecule has 3 aliphatic rings. The molecule has 0 aromatic heterocycles. The summed E-state index contributed by atoms with van der Waals surface area (Å²) in [5.74, 6) is -1.66. The lowest BCUT2D eigenvalue weighted by molar-refractivity contribution is -0.254. The molecule has 0 amide bonds. The highest BCUT2D eigenvalue weighted by Gasteiger charge is 2.71. The van der Waals surface area contributed by atoms with Crippen LogP contribution >= 0.6 is 0 Å². The highest BCUT2D eigenvalue weighted by molar-refractivity contribution is 5.70. The standard InChI is InChI=1S/C32H48O8/c1-8-10-11-12-13-14-28(36)39-24-18-25-29(37-22(5)33)40-30(38-23(6)34)32(25)26(19-24)31(7,16-15-20(3)9-2)21(4)17-27(32)35/h9,18,21,24,26-27,29-30,35H,2-3,8,10-17,19H2,1,4-7H3. The van der Waals surface area contributed by atoms with E-state index in [0.717, 1.165) is 44.1 Å². The summed E-state index contributed by atoms with van der Waals surface area (Å²) in [4.78, 5) is 37.2. The maximum absolute atomic E-state index is 12.9. The Morgan fingerprint density at radius 3 is 2.38 bits per heavy atom. The summed E-state index contributed by atoms with van der Waals surface area (Å²) < 4.78 is 23.4. The number of hydrogen-bond donors (Lipinski definition) is 1. The van der Waals surface area contributed by atoms with Crippen LogP contribution in [0, 0.1) is 22.7 Å². The monoisotopic (exact) mass is 560 g/mol. The Bertz CT molecular complexity index is 1000. The van der Waals surface area contributed by atoms with E-state index in [0.29, 0.717) is 31.3 Å². The summed E-state index contributed by atoms with van der Waals surface area (Å²) in [6, 6.07) is 0. The normalized spacial score (nSPS) is 34.6. The van der Waals surface area contributed by atoms with Gasteiger partial charge in [0, 0.05) is 25.8 Å². The Hall–Kier alpha value is -2.45. The minimum Gasteiger partial charge on any atom is -0.458 e. The molecule has 224 valence electrons. The third-order valence-electron chi connectivity index (χ3n) is 9.44. The minimum absolute atomic E-state index is 0.0794. The van der Waals surface area contributed by atoms with Crippen molar-refractivity contribution in [2.24, 2.45) is 22.7 Å². The highest BCUT2D eigenvalue weighted by Crippen LogP contribution is 2.67. The van der Waals surface area contributed by atoms with Crippen molar-refractivity contribution in [2.45, 2.75) is 124 Å². The fraction of sp³-hybridized carbons (Fsp3) is 0.719. The quantitative estimate of drug-likeness (QED) is 0.0971. The lowest BCUT2D eigenvalue weighted by Gasteiger charge is -2.60. The van der Waals surface area contributed by atoms with Gasteiger partial charge >= 0.3 is 17.9 Å². The Morgan fingerprint density at radius 1 is 1.07 bits per heavy atom. The van der Waals surface area contributed by atoms with E-state index in [1.165, 1.54) is 13.8 Å². The molecular weight excluding hydrogens is 512 g/mol. The van der Waals surface area contributed by atoms with Crippen molar-refractivity contribution in [3.63, 3.8) is 0 Å². The maximum Gasteiger partial charge on any atom is 0.306 e. The zero-order chi connectivity index (χ0) is 29.7. The molecule has 8 nitrogen and oxygen atoms in total. The molecule has 1 saturated heterocycles. The third-order valence-corrected chi connectivity index (χ3v) is 9.44. The van der Waals surface area contributed by atoms with Crippen LogP contribution in [0.1, 0.15) is 98.8 Å². The molecular formula is C32H48O8. The van der Waals surface area contributed by atoms with E-state index in [1.807, 2.05) is 0 Å². The molecule has 8 atom stereocenters. The van der Waals surface area contributed by atoms with Crippen LogP contribution in [0.3, 0.4) is 0 Å².